The second kappa shape index (κ2) is 6.24. The number of hydrogen-bond donors (Lipinski definition) is 2. The molecular weight excluding hydrogens is 342 g/mol. The van der Waals surface area contributed by atoms with Gasteiger partial charge in [-0.2, -0.15) is 0 Å². The topological polar surface area (TPSA) is 24.1 Å². The highest BCUT2D eigenvalue weighted by Gasteiger charge is 2.20. The summed E-state index contributed by atoms with van der Waals surface area (Å²) in [6.07, 6.45) is 1.92. The van der Waals surface area contributed by atoms with Crippen molar-refractivity contribution in [3.05, 3.63) is 75.5 Å². The Morgan fingerprint density at radius 1 is 1.05 bits per heavy atom. The van der Waals surface area contributed by atoms with Crippen molar-refractivity contribution in [2.45, 2.75) is 6.04 Å². The van der Waals surface area contributed by atoms with Gasteiger partial charge in [-0.25, -0.2) is 4.39 Å². The second-order valence-electron chi connectivity index (χ2n) is 4.81. The molecule has 2 N–H and O–H groups in total. The lowest BCUT2D eigenvalue weighted by Gasteiger charge is -2.26. The van der Waals surface area contributed by atoms with Gasteiger partial charge < -0.3 is 10.6 Å². The van der Waals surface area contributed by atoms with Crippen molar-refractivity contribution in [2.75, 3.05) is 0 Å². The van der Waals surface area contributed by atoms with Crippen molar-refractivity contribution in [2.24, 2.45) is 0 Å². The average Bonchev–Trinajstić information content (AvgIpc) is 2.51. The van der Waals surface area contributed by atoms with Gasteiger partial charge in [0.15, 0.2) is 5.11 Å². The first-order valence-electron chi connectivity index (χ1n) is 6.54. The number of nitrogens with one attached hydrogen (secondary N) is 2. The molecule has 3 rings (SSSR count). The molecule has 0 radical (unpaired) electrons. The van der Waals surface area contributed by atoms with Gasteiger partial charge in [-0.3, -0.25) is 0 Å². The Bertz CT molecular complexity index is 762. The number of thiocarbonyl (C=S) groups is 1. The second-order valence-corrected chi connectivity index (χ2v) is 6.04. The van der Waals surface area contributed by atoms with E-state index >= 15 is 0 Å². The lowest BCUT2D eigenvalue weighted by atomic mass is 10.0. The van der Waals surface area contributed by atoms with Crippen molar-refractivity contribution in [1.82, 2.24) is 10.6 Å². The highest BCUT2D eigenvalue weighted by atomic mass is 35.5. The summed E-state index contributed by atoms with van der Waals surface area (Å²) in [5.74, 6) is -0.524. The zero-order valence-corrected chi connectivity index (χ0v) is 13.6. The molecule has 0 saturated carbocycles. The Balaban J connectivity index is 2.04. The van der Waals surface area contributed by atoms with Crippen LogP contribution < -0.4 is 10.6 Å². The van der Waals surface area contributed by atoms with Crippen LogP contribution >= 0.6 is 35.4 Å². The van der Waals surface area contributed by atoms with Gasteiger partial charge in [0.2, 0.25) is 0 Å². The molecule has 2 aromatic carbocycles. The Morgan fingerprint density at radius 3 is 2.50 bits per heavy atom. The molecule has 6 heteroatoms. The summed E-state index contributed by atoms with van der Waals surface area (Å²) < 4.78 is 13.7. The molecule has 2 nitrogen and oxygen atoms in total. The molecule has 0 saturated heterocycles. The molecule has 1 heterocycles. The van der Waals surface area contributed by atoms with Crippen molar-refractivity contribution in [1.29, 1.82) is 0 Å². The standard InChI is InChI=1S/C16H11Cl2FN2S/c17-11-7-12(18)13(19)6-10(11)15-8-14(20-16(22)21-15)9-4-2-1-3-5-9/h1-8,14H,(H2,20,21,22). The molecule has 0 aliphatic carbocycles. The predicted octanol–water partition coefficient (Wildman–Crippen LogP) is 4.69. The quantitative estimate of drug-likeness (QED) is 0.605. The molecule has 1 unspecified atom stereocenters. The zero-order chi connectivity index (χ0) is 15.7. The lowest BCUT2D eigenvalue weighted by Crippen LogP contribution is -2.40. The fourth-order valence-electron chi connectivity index (χ4n) is 2.28. The van der Waals surface area contributed by atoms with Crippen LogP contribution in [-0.4, -0.2) is 5.11 Å². The number of benzene rings is 2. The first-order chi connectivity index (χ1) is 10.5. The maximum Gasteiger partial charge on any atom is 0.171 e. The first kappa shape index (κ1) is 15.3. The molecule has 0 fully saturated rings. The van der Waals surface area contributed by atoms with Crippen LogP contribution in [0.1, 0.15) is 17.2 Å². The van der Waals surface area contributed by atoms with Gasteiger partial charge in [0.1, 0.15) is 5.82 Å². The van der Waals surface area contributed by atoms with Crippen LogP contribution in [0.5, 0.6) is 0 Å². The van der Waals surface area contributed by atoms with Crippen LogP contribution in [0.25, 0.3) is 5.70 Å². The molecule has 1 aliphatic rings. The van der Waals surface area contributed by atoms with Gasteiger partial charge >= 0.3 is 0 Å². The summed E-state index contributed by atoms with van der Waals surface area (Å²) in [4.78, 5) is 0. The van der Waals surface area contributed by atoms with Crippen molar-refractivity contribution < 1.29 is 4.39 Å². The first-order valence-corrected chi connectivity index (χ1v) is 7.70. The van der Waals surface area contributed by atoms with E-state index in [1.54, 1.807) is 0 Å². The van der Waals surface area contributed by atoms with E-state index in [2.05, 4.69) is 10.6 Å². The summed E-state index contributed by atoms with van der Waals surface area (Å²) in [5, 5.41) is 6.98. The van der Waals surface area contributed by atoms with Crippen LogP contribution in [0, 0.1) is 5.82 Å². The van der Waals surface area contributed by atoms with E-state index in [0.717, 1.165) is 5.56 Å². The van der Waals surface area contributed by atoms with Gasteiger partial charge in [0, 0.05) is 11.3 Å². The van der Waals surface area contributed by atoms with Gasteiger partial charge in [-0.15, -0.1) is 0 Å². The minimum Gasteiger partial charge on any atom is -0.352 e. The summed E-state index contributed by atoms with van der Waals surface area (Å²) in [5.41, 5.74) is 2.22. The van der Waals surface area contributed by atoms with Crippen molar-refractivity contribution >= 4 is 46.2 Å². The Labute approximate surface area is 142 Å². The molecule has 22 heavy (non-hydrogen) atoms. The van der Waals surface area contributed by atoms with Gasteiger partial charge in [-0.05, 0) is 36.0 Å². The van der Waals surface area contributed by atoms with E-state index in [0.29, 0.717) is 21.4 Å². The third-order valence-corrected chi connectivity index (χ3v) is 4.15. The highest BCUT2D eigenvalue weighted by molar-refractivity contribution is 7.80. The Kier molecular flexibility index (Phi) is 4.34. The number of rotatable bonds is 2. The zero-order valence-electron chi connectivity index (χ0n) is 11.2. The molecule has 0 amide bonds. The van der Waals surface area contributed by atoms with Gasteiger partial charge in [-0.1, -0.05) is 53.5 Å². The lowest BCUT2D eigenvalue weighted by molar-refractivity contribution is 0.627. The van der Waals surface area contributed by atoms with E-state index < -0.39 is 5.82 Å². The van der Waals surface area contributed by atoms with E-state index in [9.17, 15) is 4.39 Å². The maximum atomic E-state index is 13.7. The van der Waals surface area contributed by atoms with E-state index in [4.69, 9.17) is 35.4 Å². The monoisotopic (exact) mass is 352 g/mol. The van der Waals surface area contributed by atoms with Crippen molar-refractivity contribution in [3.8, 4) is 0 Å². The number of halogens is 3. The largest absolute Gasteiger partial charge is 0.352 e. The predicted molar refractivity (Wildman–Crippen MR) is 92.4 cm³/mol. The van der Waals surface area contributed by atoms with Gasteiger partial charge in [0.25, 0.3) is 0 Å². The molecule has 0 bridgehead atoms. The van der Waals surface area contributed by atoms with Crippen LogP contribution in [0.4, 0.5) is 4.39 Å². The number of hydrogen-bond acceptors (Lipinski definition) is 1. The summed E-state index contributed by atoms with van der Waals surface area (Å²) in [6.45, 7) is 0. The summed E-state index contributed by atoms with van der Waals surface area (Å²) in [7, 11) is 0. The third-order valence-electron chi connectivity index (χ3n) is 3.33. The molecule has 2 aromatic rings. The van der Waals surface area contributed by atoms with Gasteiger partial charge in [0.05, 0.1) is 16.1 Å². The van der Waals surface area contributed by atoms with Crippen molar-refractivity contribution in [3.63, 3.8) is 0 Å². The summed E-state index contributed by atoms with van der Waals surface area (Å²) in [6, 6.07) is 12.4. The van der Waals surface area contributed by atoms with Crippen LogP contribution in [0.3, 0.4) is 0 Å². The fourth-order valence-corrected chi connectivity index (χ4v) is 3.00. The molecule has 0 aromatic heterocycles. The molecule has 112 valence electrons. The molecular formula is C16H11Cl2FN2S. The van der Waals surface area contributed by atoms with Crippen LogP contribution in [0.15, 0.2) is 48.5 Å². The van der Waals surface area contributed by atoms with E-state index in [1.807, 2.05) is 36.4 Å². The maximum absolute atomic E-state index is 13.7. The smallest absolute Gasteiger partial charge is 0.171 e. The molecule has 0 spiro atoms. The third kappa shape index (κ3) is 3.09. The molecule has 1 aliphatic heterocycles. The van der Waals surface area contributed by atoms with Crippen LogP contribution in [0.2, 0.25) is 10.0 Å². The Morgan fingerprint density at radius 2 is 1.77 bits per heavy atom. The SMILES string of the molecule is Fc1cc(C2=CC(c3ccccc3)NC(=S)N2)c(Cl)cc1Cl. The van der Waals surface area contributed by atoms with E-state index in [1.165, 1.54) is 12.1 Å². The summed E-state index contributed by atoms with van der Waals surface area (Å²) >= 11 is 17.2. The minimum absolute atomic E-state index is 0.00882. The minimum atomic E-state index is -0.524. The Hall–Kier alpha value is -1.62. The molecule has 1 atom stereocenters. The van der Waals surface area contributed by atoms with E-state index in [-0.39, 0.29) is 11.1 Å². The highest BCUT2D eigenvalue weighted by Crippen LogP contribution is 2.31. The normalized spacial score (nSPS) is 17.5. The van der Waals surface area contributed by atoms with Crippen LogP contribution in [-0.2, 0) is 0 Å². The fraction of sp³-hybridized carbons (Fsp3) is 0.0625. The average molecular weight is 353 g/mol.